The fourth-order valence-corrected chi connectivity index (χ4v) is 1.73. The molecule has 2 N–H and O–H groups in total. The van der Waals surface area contributed by atoms with Gasteiger partial charge in [0.15, 0.2) is 0 Å². The fraction of sp³-hybridized carbons (Fsp3) is 0.333. The lowest BCUT2D eigenvalue weighted by atomic mass is 10.0. The molecule has 3 heteroatoms. The molecule has 1 atom stereocenters. The maximum atomic E-state index is 6.10. The van der Waals surface area contributed by atoms with Gasteiger partial charge in [0, 0.05) is 12.0 Å². The molecule has 1 heterocycles. The quantitative estimate of drug-likeness (QED) is 0.820. The van der Waals surface area contributed by atoms with Gasteiger partial charge in [0.2, 0.25) is 0 Å². The highest BCUT2D eigenvalue weighted by Gasteiger charge is 2.19. The SMILES string of the molecule is COc1ccccc1C(N)C1=CCCO1. The second-order valence-corrected chi connectivity index (χ2v) is 3.46. The molecule has 0 saturated heterocycles. The van der Waals surface area contributed by atoms with Crippen LogP contribution in [0.2, 0.25) is 0 Å². The fourth-order valence-electron chi connectivity index (χ4n) is 1.73. The summed E-state index contributed by atoms with van der Waals surface area (Å²) in [5.41, 5.74) is 7.07. The zero-order chi connectivity index (χ0) is 10.7. The highest BCUT2D eigenvalue weighted by Crippen LogP contribution is 2.30. The summed E-state index contributed by atoms with van der Waals surface area (Å²) in [4.78, 5) is 0. The van der Waals surface area contributed by atoms with E-state index >= 15 is 0 Å². The second kappa shape index (κ2) is 4.36. The summed E-state index contributed by atoms with van der Waals surface area (Å²) in [7, 11) is 1.65. The predicted octanol–water partition coefficient (Wildman–Crippen LogP) is 2.00. The van der Waals surface area contributed by atoms with Crippen molar-refractivity contribution in [3.05, 3.63) is 41.7 Å². The maximum Gasteiger partial charge on any atom is 0.124 e. The number of hydrogen-bond acceptors (Lipinski definition) is 3. The van der Waals surface area contributed by atoms with Crippen molar-refractivity contribution in [2.24, 2.45) is 5.73 Å². The van der Waals surface area contributed by atoms with Crippen LogP contribution >= 0.6 is 0 Å². The molecule has 80 valence electrons. The minimum Gasteiger partial charge on any atom is -0.496 e. The van der Waals surface area contributed by atoms with Crippen LogP contribution in [0.15, 0.2) is 36.1 Å². The van der Waals surface area contributed by atoms with Gasteiger partial charge in [-0.25, -0.2) is 0 Å². The average molecular weight is 205 g/mol. The van der Waals surface area contributed by atoms with E-state index in [1.807, 2.05) is 30.3 Å². The molecule has 0 fully saturated rings. The van der Waals surface area contributed by atoms with Gasteiger partial charge in [0.25, 0.3) is 0 Å². The van der Waals surface area contributed by atoms with E-state index in [9.17, 15) is 0 Å². The summed E-state index contributed by atoms with van der Waals surface area (Å²) >= 11 is 0. The summed E-state index contributed by atoms with van der Waals surface area (Å²) in [6.45, 7) is 0.734. The van der Waals surface area contributed by atoms with Crippen molar-refractivity contribution in [3.8, 4) is 5.75 Å². The molecule has 1 aromatic rings. The van der Waals surface area contributed by atoms with Crippen molar-refractivity contribution >= 4 is 0 Å². The lowest BCUT2D eigenvalue weighted by molar-refractivity contribution is 0.224. The first kappa shape index (κ1) is 10.1. The smallest absolute Gasteiger partial charge is 0.124 e. The third-order valence-electron chi connectivity index (χ3n) is 2.51. The van der Waals surface area contributed by atoms with Gasteiger partial charge in [0.05, 0.1) is 19.8 Å². The number of ether oxygens (including phenoxy) is 2. The Hall–Kier alpha value is -1.48. The molecule has 1 aliphatic heterocycles. The summed E-state index contributed by atoms with van der Waals surface area (Å²) in [6.07, 6.45) is 2.98. The predicted molar refractivity (Wildman–Crippen MR) is 58.6 cm³/mol. The molecule has 2 rings (SSSR count). The van der Waals surface area contributed by atoms with Crippen LogP contribution in [0.5, 0.6) is 5.75 Å². The van der Waals surface area contributed by atoms with Gasteiger partial charge in [-0.2, -0.15) is 0 Å². The minimum atomic E-state index is -0.219. The van der Waals surface area contributed by atoms with Crippen molar-refractivity contribution < 1.29 is 9.47 Å². The van der Waals surface area contributed by atoms with Crippen molar-refractivity contribution in [2.45, 2.75) is 12.5 Å². The third-order valence-corrected chi connectivity index (χ3v) is 2.51. The Bertz CT molecular complexity index is 374. The lowest BCUT2D eigenvalue weighted by Crippen LogP contribution is -2.14. The molecule has 1 aliphatic rings. The standard InChI is InChI=1S/C12H15NO2/c1-14-10-6-3-2-5-9(10)12(13)11-7-4-8-15-11/h2-3,5-7,12H,4,8,13H2,1H3. The van der Waals surface area contributed by atoms with Crippen LogP contribution in [0, 0.1) is 0 Å². The molecule has 0 radical (unpaired) electrons. The lowest BCUT2D eigenvalue weighted by Gasteiger charge is -2.16. The summed E-state index contributed by atoms with van der Waals surface area (Å²) < 4.78 is 10.7. The van der Waals surface area contributed by atoms with E-state index in [1.54, 1.807) is 7.11 Å². The summed E-state index contributed by atoms with van der Waals surface area (Å²) in [6, 6.07) is 7.53. The molecule has 0 saturated carbocycles. The van der Waals surface area contributed by atoms with Crippen molar-refractivity contribution in [2.75, 3.05) is 13.7 Å². The largest absolute Gasteiger partial charge is 0.496 e. The Morgan fingerprint density at radius 3 is 2.87 bits per heavy atom. The van der Waals surface area contributed by atoms with Gasteiger partial charge in [-0.15, -0.1) is 0 Å². The van der Waals surface area contributed by atoms with Crippen LogP contribution in [0.4, 0.5) is 0 Å². The number of hydrogen-bond donors (Lipinski definition) is 1. The van der Waals surface area contributed by atoms with Gasteiger partial charge in [-0.05, 0) is 12.1 Å². The van der Waals surface area contributed by atoms with Gasteiger partial charge in [-0.1, -0.05) is 18.2 Å². The number of nitrogens with two attached hydrogens (primary N) is 1. The van der Waals surface area contributed by atoms with E-state index in [0.717, 1.165) is 30.1 Å². The van der Waals surface area contributed by atoms with Crippen LogP contribution in [0.1, 0.15) is 18.0 Å². The highest BCUT2D eigenvalue weighted by atomic mass is 16.5. The zero-order valence-electron chi connectivity index (χ0n) is 8.77. The molecular formula is C12H15NO2. The molecule has 0 aliphatic carbocycles. The summed E-state index contributed by atoms with van der Waals surface area (Å²) in [5.74, 6) is 1.65. The first-order chi connectivity index (χ1) is 7.33. The Morgan fingerprint density at radius 1 is 1.40 bits per heavy atom. The van der Waals surface area contributed by atoms with Gasteiger partial charge in [0.1, 0.15) is 11.5 Å². The Kier molecular flexibility index (Phi) is 2.92. The number of para-hydroxylation sites is 1. The molecular weight excluding hydrogens is 190 g/mol. The van der Waals surface area contributed by atoms with E-state index in [0.29, 0.717) is 0 Å². The Balaban J connectivity index is 2.27. The minimum absolute atomic E-state index is 0.219. The number of benzene rings is 1. The van der Waals surface area contributed by atoms with Crippen LogP contribution in [0.3, 0.4) is 0 Å². The Labute approximate surface area is 89.5 Å². The zero-order valence-corrected chi connectivity index (χ0v) is 8.77. The van der Waals surface area contributed by atoms with E-state index in [2.05, 4.69) is 0 Å². The molecule has 0 amide bonds. The summed E-state index contributed by atoms with van der Waals surface area (Å²) in [5, 5.41) is 0. The van der Waals surface area contributed by atoms with Crippen LogP contribution in [0.25, 0.3) is 0 Å². The first-order valence-corrected chi connectivity index (χ1v) is 5.04. The van der Waals surface area contributed by atoms with Gasteiger partial charge < -0.3 is 15.2 Å². The Morgan fingerprint density at radius 2 is 2.20 bits per heavy atom. The van der Waals surface area contributed by atoms with Gasteiger partial charge in [-0.3, -0.25) is 0 Å². The van der Waals surface area contributed by atoms with E-state index in [4.69, 9.17) is 15.2 Å². The van der Waals surface area contributed by atoms with E-state index in [1.165, 1.54) is 0 Å². The van der Waals surface area contributed by atoms with Crippen molar-refractivity contribution in [3.63, 3.8) is 0 Å². The van der Waals surface area contributed by atoms with Crippen molar-refractivity contribution in [1.82, 2.24) is 0 Å². The molecule has 0 spiro atoms. The monoisotopic (exact) mass is 205 g/mol. The van der Waals surface area contributed by atoms with Crippen LogP contribution in [-0.2, 0) is 4.74 Å². The van der Waals surface area contributed by atoms with Crippen molar-refractivity contribution in [1.29, 1.82) is 0 Å². The van der Waals surface area contributed by atoms with E-state index < -0.39 is 0 Å². The topological polar surface area (TPSA) is 44.5 Å². The van der Waals surface area contributed by atoms with Crippen LogP contribution in [-0.4, -0.2) is 13.7 Å². The third kappa shape index (κ3) is 1.97. The molecule has 3 nitrogen and oxygen atoms in total. The second-order valence-electron chi connectivity index (χ2n) is 3.46. The molecule has 0 bridgehead atoms. The molecule has 15 heavy (non-hydrogen) atoms. The molecule has 1 aromatic carbocycles. The van der Waals surface area contributed by atoms with Gasteiger partial charge >= 0.3 is 0 Å². The molecule has 0 aromatic heterocycles. The van der Waals surface area contributed by atoms with Crippen LogP contribution < -0.4 is 10.5 Å². The first-order valence-electron chi connectivity index (χ1n) is 5.04. The average Bonchev–Trinajstić information content (AvgIpc) is 2.81. The number of rotatable bonds is 3. The highest BCUT2D eigenvalue weighted by molar-refractivity contribution is 5.39. The number of methoxy groups -OCH3 is 1. The molecule has 1 unspecified atom stereocenters. The van der Waals surface area contributed by atoms with E-state index in [-0.39, 0.29) is 6.04 Å². The normalized spacial score (nSPS) is 16.8. The maximum absolute atomic E-state index is 6.10.